The van der Waals surface area contributed by atoms with Crippen LogP contribution in [0, 0.1) is 11.3 Å². The zero-order valence-corrected chi connectivity index (χ0v) is 7.80. The van der Waals surface area contributed by atoms with Crippen LogP contribution in [0.3, 0.4) is 0 Å². The molecule has 0 aliphatic carbocycles. The zero-order chi connectivity index (χ0) is 9.19. The van der Waals surface area contributed by atoms with E-state index in [2.05, 4.69) is 13.5 Å². The Morgan fingerprint density at radius 3 is 3.00 bits per heavy atom. The molecule has 0 spiro atoms. The van der Waals surface area contributed by atoms with E-state index >= 15 is 0 Å². The van der Waals surface area contributed by atoms with Crippen molar-refractivity contribution in [3.8, 4) is 0 Å². The highest BCUT2D eigenvalue weighted by Gasteiger charge is 2.39. The lowest BCUT2D eigenvalue weighted by Gasteiger charge is -2.27. The maximum Gasteiger partial charge on any atom is 0.120 e. The van der Waals surface area contributed by atoms with Gasteiger partial charge >= 0.3 is 0 Å². The van der Waals surface area contributed by atoms with Crippen molar-refractivity contribution in [1.29, 1.82) is 0 Å². The van der Waals surface area contributed by atoms with Crippen LogP contribution < -0.4 is 0 Å². The third kappa shape index (κ3) is 1.58. The topological polar surface area (TPSA) is 26.3 Å². The number of carbonyl (C=O) groups excluding carboxylic acids is 1. The molecular formula is C10H16O2. The molecular weight excluding hydrogens is 152 g/mol. The summed E-state index contributed by atoms with van der Waals surface area (Å²) in [5.41, 5.74) is 1.12. The van der Waals surface area contributed by atoms with Crippen LogP contribution in [0.2, 0.25) is 0 Å². The van der Waals surface area contributed by atoms with Crippen molar-refractivity contribution in [2.45, 2.75) is 20.3 Å². The largest absolute Gasteiger partial charge is 0.380 e. The Kier molecular flexibility index (Phi) is 2.68. The van der Waals surface area contributed by atoms with Gasteiger partial charge in [-0.15, -0.1) is 0 Å². The summed E-state index contributed by atoms with van der Waals surface area (Å²) in [5, 5.41) is 0. The monoisotopic (exact) mass is 168 g/mol. The number of hydrogen-bond donors (Lipinski definition) is 0. The van der Waals surface area contributed by atoms with E-state index in [4.69, 9.17) is 4.74 Å². The zero-order valence-electron chi connectivity index (χ0n) is 7.80. The molecule has 1 fully saturated rings. The molecule has 0 amide bonds. The molecule has 0 bridgehead atoms. The average Bonchev–Trinajstić information content (AvgIpc) is 2.32. The van der Waals surface area contributed by atoms with Crippen molar-refractivity contribution in [1.82, 2.24) is 0 Å². The van der Waals surface area contributed by atoms with Crippen LogP contribution >= 0.6 is 0 Å². The van der Waals surface area contributed by atoms with Gasteiger partial charge in [0, 0.05) is 17.8 Å². The maximum absolute atomic E-state index is 10.4. The third-order valence-corrected chi connectivity index (χ3v) is 2.70. The second kappa shape index (κ2) is 3.40. The summed E-state index contributed by atoms with van der Waals surface area (Å²) in [6, 6.07) is 0. The fourth-order valence-electron chi connectivity index (χ4n) is 1.84. The summed E-state index contributed by atoms with van der Waals surface area (Å²) >= 11 is 0. The Balaban J connectivity index is 2.73. The molecule has 2 nitrogen and oxygen atoms in total. The van der Waals surface area contributed by atoms with Gasteiger partial charge in [-0.25, -0.2) is 0 Å². The van der Waals surface area contributed by atoms with Crippen LogP contribution in [0.15, 0.2) is 12.2 Å². The first-order chi connectivity index (χ1) is 5.60. The molecule has 2 heteroatoms. The van der Waals surface area contributed by atoms with Gasteiger partial charge < -0.3 is 9.53 Å². The van der Waals surface area contributed by atoms with Gasteiger partial charge in [-0.05, 0) is 6.92 Å². The number of rotatable bonds is 3. The fourth-order valence-corrected chi connectivity index (χ4v) is 1.84. The molecule has 0 aromatic carbocycles. The highest BCUT2D eigenvalue weighted by molar-refractivity contribution is 5.51. The van der Waals surface area contributed by atoms with Gasteiger partial charge in [0.2, 0.25) is 0 Å². The summed E-state index contributed by atoms with van der Waals surface area (Å²) in [7, 11) is 0. The Hall–Kier alpha value is -0.630. The number of ether oxygens (including phenoxy) is 1. The number of carbonyl (C=O) groups is 1. The summed E-state index contributed by atoms with van der Waals surface area (Å²) in [5.74, 6) is 0.350. The van der Waals surface area contributed by atoms with E-state index in [1.165, 1.54) is 0 Å². The molecule has 1 aliphatic rings. The lowest BCUT2D eigenvalue weighted by atomic mass is 9.75. The maximum atomic E-state index is 10.4. The molecule has 12 heavy (non-hydrogen) atoms. The quantitative estimate of drug-likeness (QED) is 0.474. The smallest absolute Gasteiger partial charge is 0.120 e. The predicted molar refractivity (Wildman–Crippen MR) is 47.9 cm³/mol. The Morgan fingerprint density at radius 2 is 2.50 bits per heavy atom. The van der Waals surface area contributed by atoms with E-state index in [0.717, 1.165) is 18.5 Å². The summed E-state index contributed by atoms with van der Waals surface area (Å²) in [6.45, 7) is 9.42. The normalized spacial score (nSPS) is 35.0. The van der Waals surface area contributed by atoms with Crippen LogP contribution in [0.25, 0.3) is 0 Å². The van der Waals surface area contributed by atoms with Crippen LogP contribution in [-0.4, -0.2) is 19.5 Å². The minimum absolute atomic E-state index is 0.00637. The molecule has 0 aromatic heterocycles. The van der Waals surface area contributed by atoms with Gasteiger partial charge in [-0.3, -0.25) is 0 Å². The minimum atomic E-state index is -0.00637. The highest BCUT2D eigenvalue weighted by atomic mass is 16.5. The summed E-state index contributed by atoms with van der Waals surface area (Å²) in [6.07, 6.45) is 1.55. The minimum Gasteiger partial charge on any atom is -0.380 e. The number of hydrogen-bond acceptors (Lipinski definition) is 2. The van der Waals surface area contributed by atoms with E-state index in [-0.39, 0.29) is 5.41 Å². The molecule has 0 aromatic rings. The van der Waals surface area contributed by atoms with E-state index < -0.39 is 0 Å². The average molecular weight is 168 g/mol. The standard InChI is InChI=1S/C10H16O2/c1-8(2)9-6-12-7-10(9,3)4-5-11/h5,9H,1,4,6-7H2,2-3H3/t9-,10-/m1/s1. The first kappa shape index (κ1) is 9.46. The van der Waals surface area contributed by atoms with Crippen LogP contribution in [0.5, 0.6) is 0 Å². The summed E-state index contributed by atoms with van der Waals surface area (Å²) in [4.78, 5) is 10.4. The molecule has 68 valence electrons. The summed E-state index contributed by atoms with van der Waals surface area (Å²) < 4.78 is 5.37. The van der Waals surface area contributed by atoms with E-state index in [1.54, 1.807) is 0 Å². The molecule has 0 unspecified atom stereocenters. The van der Waals surface area contributed by atoms with Gasteiger partial charge in [-0.1, -0.05) is 19.1 Å². The lowest BCUT2D eigenvalue weighted by molar-refractivity contribution is -0.110. The van der Waals surface area contributed by atoms with Gasteiger partial charge in [0.05, 0.1) is 13.2 Å². The van der Waals surface area contributed by atoms with E-state index in [1.807, 2.05) is 6.92 Å². The molecule has 1 heterocycles. The van der Waals surface area contributed by atoms with Gasteiger partial charge in [-0.2, -0.15) is 0 Å². The first-order valence-electron chi connectivity index (χ1n) is 4.27. The third-order valence-electron chi connectivity index (χ3n) is 2.70. The molecule has 0 N–H and O–H groups in total. The van der Waals surface area contributed by atoms with Crippen LogP contribution in [-0.2, 0) is 9.53 Å². The molecule has 1 rings (SSSR count). The Bertz CT molecular complexity index is 198. The van der Waals surface area contributed by atoms with Crippen molar-refractivity contribution in [2.24, 2.45) is 11.3 Å². The van der Waals surface area contributed by atoms with Crippen molar-refractivity contribution in [3.63, 3.8) is 0 Å². The van der Waals surface area contributed by atoms with Crippen molar-refractivity contribution < 1.29 is 9.53 Å². The molecule has 0 radical (unpaired) electrons. The molecule has 2 atom stereocenters. The van der Waals surface area contributed by atoms with Crippen LogP contribution in [0.4, 0.5) is 0 Å². The van der Waals surface area contributed by atoms with Crippen molar-refractivity contribution in [2.75, 3.05) is 13.2 Å². The highest BCUT2D eigenvalue weighted by Crippen LogP contribution is 2.40. The number of aldehydes is 1. The lowest BCUT2D eigenvalue weighted by Crippen LogP contribution is -2.27. The van der Waals surface area contributed by atoms with Gasteiger partial charge in [0.1, 0.15) is 6.29 Å². The Labute approximate surface area is 73.6 Å². The Morgan fingerprint density at radius 1 is 1.83 bits per heavy atom. The second-order valence-electron chi connectivity index (χ2n) is 3.94. The van der Waals surface area contributed by atoms with E-state index in [9.17, 15) is 4.79 Å². The van der Waals surface area contributed by atoms with Crippen molar-refractivity contribution >= 4 is 6.29 Å². The molecule has 1 saturated heterocycles. The molecule has 0 saturated carbocycles. The second-order valence-corrected chi connectivity index (χ2v) is 3.94. The molecule has 1 aliphatic heterocycles. The predicted octanol–water partition coefficient (Wildman–Crippen LogP) is 1.80. The van der Waals surface area contributed by atoms with E-state index in [0.29, 0.717) is 18.9 Å². The van der Waals surface area contributed by atoms with Crippen molar-refractivity contribution in [3.05, 3.63) is 12.2 Å². The first-order valence-corrected chi connectivity index (χ1v) is 4.27. The van der Waals surface area contributed by atoms with Gasteiger partial charge in [0.15, 0.2) is 0 Å². The van der Waals surface area contributed by atoms with Gasteiger partial charge in [0.25, 0.3) is 0 Å². The SMILES string of the molecule is C=C(C)[C@H]1COC[C@@]1(C)CC=O. The van der Waals surface area contributed by atoms with Crippen LogP contribution in [0.1, 0.15) is 20.3 Å². The fraction of sp³-hybridized carbons (Fsp3) is 0.700.